The maximum atomic E-state index is 13.0. The minimum atomic E-state index is -4.70. The van der Waals surface area contributed by atoms with Gasteiger partial charge >= 0.3 is 6.18 Å². The SMILES string of the molecule is N#CC1(C(=O)N2CCN(S(=O)(=O)c3cc(C(F)(F)F)ccc3Cl)CC2)CCCC1. The zero-order valence-corrected chi connectivity index (χ0v) is 16.9. The van der Waals surface area contributed by atoms with Gasteiger partial charge in [0.25, 0.3) is 0 Å². The topological polar surface area (TPSA) is 81.5 Å². The molecule has 1 aliphatic carbocycles. The molecule has 1 aromatic carbocycles. The van der Waals surface area contributed by atoms with Gasteiger partial charge in [0.1, 0.15) is 10.3 Å². The highest BCUT2D eigenvalue weighted by molar-refractivity contribution is 7.89. The predicted molar refractivity (Wildman–Crippen MR) is 98.3 cm³/mol. The summed E-state index contributed by atoms with van der Waals surface area (Å²) in [5.41, 5.74) is -2.16. The average molecular weight is 450 g/mol. The van der Waals surface area contributed by atoms with Gasteiger partial charge in [-0.25, -0.2) is 8.42 Å². The molecule has 3 rings (SSSR count). The van der Waals surface area contributed by atoms with E-state index in [4.69, 9.17) is 11.6 Å². The predicted octanol–water partition coefficient (Wildman–Crippen LogP) is 3.28. The quantitative estimate of drug-likeness (QED) is 0.709. The van der Waals surface area contributed by atoms with Gasteiger partial charge in [-0.05, 0) is 31.0 Å². The Labute approximate surface area is 171 Å². The zero-order chi connectivity index (χ0) is 21.4. The molecule has 1 aliphatic heterocycles. The summed E-state index contributed by atoms with van der Waals surface area (Å²) in [4.78, 5) is 13.6. The van der Waals surface area contributed by atoms with Crippen molar-refractivity contribution in [1.82, 2.24) is 9.21 Å². The first-order valence-corrected chi connectivity index (χ1v) is 10.9. The Hall–Kier alpha value is -1.83. The molecule has 0 aromatic heterocycles. The van der Waals surface area contributed by atoms with E-state index in [0.717, 1.165) is 29.3 Å². The van der Waals surface area contributed by atoms with Crippen molar-refractivity contribution >= 4 is 27.5 Å². The van der Waals surface area contributed by atoms with Crippen LogP contribution in [-0.2, 0) is 21.0 Å². The van der Waals surface area contributed by atoms with E-state index in [1.165, 1.54) is 4.90 Å². The lowest BCUT2D eigenvalue weighted by molar-refractivity contribution is -0.140. The van der Waals surface area contributed by atoms with Gasteiger partial charge in [0, 0.05) is 26.2 Å². The highest BCUT2D eigenvalue weighted by Gasteiger charge is 2.45. The summed E-state index contributed by atoms with van der Waals surface area (Å²) in [5, 5.41) is 9.16. The van der Waals surface area contributed by atoms with Crippen molar-refractivity contribution in [3.8, 4) is 6.07 Å². The van der Waals surface area contributed by atoms with Crippen molar-refractivity contribution in [1.29, 1.82) is 5.26 Å². The van der Waals surface area contributed by atoms with Crippen LogP contribution in [0, 0.1) is 16.7 Å². The van der Waals surface area contributed by atoms with Gasteiger partial charge < -0.3 is 4.90 Å². The Kier molecular flexibility index (Phi) is 5.87. The number of nitrogens with zero attached hydrogens (tertiary/aromatic N) is 3. The van der Waals surface area contributed by atoms with Crippen LogP contribution < -0.4 is 0 Å². The molecule has 0 spiro atoms. The number of amides is 1. The molecular weight excluding hydrogens is 431 g/mol. The second-order valence-corrected chi connectivity index (χ2v) is 9.55. The summed E-state index contributed by atoms with van der Waals surface area (Å²) < 4.78 is 65.6. The van der Waals surface area contributed by atoms with Crippen molar-refractivity contribution < 1.29 is 26.4 Å². The van der Waals surface area contributed by atoms with E-state index in [2.05, 4.69) is 6.07 Å². The van der Waals surface area contributed by atoms with Crippen LogP contribution in [0.5, 0.6) is 0 Å². The second kappa shape index (κ2) is 7.78. The number of carbonyl (C=O) groups is 1. The standard InChI is InChI=1S/C18H19ClF3N3O3S/c19-14-4-3-13(18(20,21)22)11-15(14)29(27,28)25-9-7-24(8-10-25)16(26)17(12-23)5-1-2-6-17/h3-4,11H,1-2,5-10H2. The first-order chi connectivity index (χ1) is 13.5. The number of rotatable bonds is 3. The number of alkyl halides is 3. The van der Waals surface area contributed by atoms with Gasteiger partial charge in [-0.15, -0.1) is 0 Å². The zero-order valence-electron chi connectivity index (χ0n) is 15.4. The molecule has 1 amide bonds. The summed E-state index contributed by atoms with van der Waals surface area (Å²) in [6.45, 7) is -0.0273. The van der Waals surface area contributed by atoms with Crippen molar-refractivity contribution in [2.45, 2.75) is 36.8 Å². The number of piperazine rings is 1. The van der Waals surface area contributed by atoms with E-state index in [1.54, 1.807) is 0 Å². The third-order valence-corrected chi connectivity index (χ3v) is 7.86. The molecule has 0 atom stereocenters. The molecule has 158 valence electrons. The Morgan fingerprint density at radius 1 is 1.14 bits per heavy atom. The van der Waals surface area contributed by atoms with E-state index in [0.29, 0.717) is 18.9 Å². The second-order valence-electron chi connectivity index (χ2n) is 7.24. The molecule has 0 unspecified atom stereocenters. The first kappa shape index (κ1) is 21.9. The number of nitriles is 1. The number of sulfonamides is 1. The molecular formula is C18H19ClF3N3O3S. The molecule has 0 N–H and O–H groups in total. The molecule has 29 heavy (non-hydrogen) atoms. The van der Waals surface area contributed by atoms with Crippen molar-refractivity contribution in [2.75, 3.05) is 26.2 Å². The summed E-state index contributed by atoms with van der Waals surface area (Å²) in [6.07, 6.45) is -2.14. The maximum Gasteiger partial charge on any atom is 0.416 e. The first-order valence-electron chi connectivity index (χ1n) is 9.09. The van der Waals surface area contributed by atoms with Crippen LogP contribution in [0.25, 0.3) is 0 Å². The molecule has 0 bridgehead atoms. The minimum Gasteiger partial charge on any atom is -0.339 e. The normalized spacial score (nSPS) is 20.4. The average Bonchev–Trinajstić information content (AvgIpc) is 3.17. The summed E-state index contributed by atoms with van der Waals surface area (Å²) in [6, 6.07) is 4.28. The van der Waals surface area contributed by atoms with Crippen LogP contribution in [-0.4, -0.2) is 49.7 Å². The minimum absolute atomic E-state index is 0.0675. The summed E-state index contributed by atoms with van der Waals surface area (Å²) >= 11 is 5.88. The molecule has 1 aromatic rings. The van der Waals surface area contributed by atoms with Gasteiger partial charge in [-0.3, -0.25) is 4.79 Å². The fourth-order valence-electron chi connectivity index (χ4n) is 3.80. The van der Waals surface area contributed by atoms with Crippen LogP contribution in [0.3, 0.4) is 0 Å². The van der Waals surface area contributed by atoms with Gasteiger partial charge in [0.05, 0.1) is 16.7 Å². The molecule has 1 saturated carbocycles. The highest BCUT2D eigenvalue weighted by atomic mass is 35.5. The van der Waals surface area contributed by atoms with Gasteiger partial charge in [-0.2, -0.15) is 22.7 Å². The van der Waals surface area contributed by atoms with Crippen LogP contribution in [0.2, 0.25) is 5.02 Å². The smallest absolute Gasteiger partial charge is 0.339 e. The molecule has 1 saturated heterocycles. The third kappa shape index (κ3) is 4.09. The Balaban J connectivity index is 1.77. The largest absolute Gasteiger partial charge is 0.416 e. The van der Waals surface area contributed by atoms with Crippen molar-refractivity contribution in [3.05, 3.63) is 28.8 Å². The molecule has 6 nitrogen and oxygen atoms in total. The number of benzene rings is 1. The van der Waals surface area contributed by atoms with Crippen LogP contribution >= 0.6 is 11.6 Å². The molecule has 11 heteroatoms. The number of halogens is 4. The Bertz CT molecular complexity index is 945. The molecule has 1 heterocycles. The van der Waals surface area contributed by atoms with Crippen LogP contribution in [0.15, 0.2) is 23.1 Å². The Morgan fingerprint density at radius 3 is 2.24 bits per heavy atom. The van der Waals surface area contributed by atoms with Gasteiger partial charge in [0.2, 0.25) is 15.9 Å². The van der Waals surface area contributed by atoms with Crippen LogP contribution in [0.1, 0.15) is 31.2 Å². The third-order valence-electron chi connectivity index (χ3n) is 5.48. The number of hydrogen-bond donors (Lipinski definition) is 0. The van der Waals surface area contributed by atoms with Crippen molar-refractivity contribution in [2.24, 2.45) is 5.41 Å². The van der Waals surface area contributed by atoms with E-state index in [-0.39, 0.29) is 37.1 Å². The lowest BCUT2D eigenvalue weighted by atomic mass is 9.86. The highest BCUT2D eigenvalue weighted by Crippen LogP contribution is 2.39. The maximum absolute atomic E-state index is 13.0. The molecule has 0 radical (unpaired) electrons. The number of hydrogen-bond acceptors (Lipinski definition) is 4. The molecule has 2 fully saturated rings. The fourth-order valence-corrected chi connectivity index (χ4v) is 5.73. The fraction of sp³-hybridized carbons (Fsp3) is 0.556. The lowest BCUT2D eigenvalue weighted by Crippen LogP contribution is -2.53. The Morgan fingerprint density at radius 2 is 1.72 bits per heavy atom. The van der Waals surface area contributed by atoms with Crippen LogP contribution in [0.4, 0.5) is 13.2 Å². The van der Waals surface area contributed by atoms with E-state index in [1.807, 2.05) is 0 Å². The van der Waals surface area contributed by atoms with Gasteiger partial charge in [0.15, 0.2) is 0 Å². The monoisotopic (exact) mass is 449 g/mol. The summed E-state index contributed by atoms with van der Waals surface area (Å²) in [5.74, 6) is -0.299. The number of carbonyl (C=O) groups excluding carboxylic acids is 1. The lowest BCUT2D eigenvalue weighted by Gasteiger charge is -2.37. The summed E-state index contributed by atoms with van der Waals surface area (Å²) in [7, 11) is -4.27. The molecule has 2 aliphatic rings. The van der Waals surface area contributed by atoms with Gasteiger partial charge in [-0.1, -0.05) is 24.4 Å². The van der Waals surface area contributed by atoms with E-state index >= 15 is 0 Å². The van der Waals surface area contributed by atoms with E-state index < -0.39 is 32.1 Å². The van der Waals surface area contributed by atoms with E-state index in [9.17, 15) is 31.6 Å². The van der Waals surface area contributed by atoms with Crippen molar-refractivity contribution in [3.63, 3.8) is 0 Å².